The lowest BCUT2D eigenvalue weighted by Gasteiger charge is -2.19. The van der Waals surface area contributed by atoms with E-state index < -0.39 is 6.04 Å². The molecule has 170 valence electrons. The van der Waals surface area contributed by atoms with Crippen molar-refractivity contribution in [1.29, 1.82) is 0 Å². The maximum Gasteiger partial charge on any atom is 0.263 e. The molecule has 6 heteroatoms. The van der Waals surface area contributed by atoms with E-state index in [-0.39, 0.29) is 11.5 Å². The van der Waals surface area contributed by atoms with E-state index in [0.717, 1.165) is 32.8 Å². The quantitative estimate of drug-likeness (QED) is 0.383. The number of nitrogens with zero attached hydrogens (tertiary/aromatic N) is 2. The Labute approximate surface area is 198 Å². The van der Waals surface area contributed by atoms with Gasteiger partial charge in [-0.3, -0.25) is 14.2 Å². The predicted octanol–water partition coefficient (Wildman–Crippen LogP) is 6.26. The summed E-state index contributed by atoms with van der Waals surface area (Å²) >= 11 is 1.52. The molecule has 2 aromatic carbocycles. The van der Waals surface area contributed by atoms with Crippen LogP contribution in [0.15, 0.2) is 47.5 Å². The summed E-state index contributed by atoms with van der Waals surface area (Å²) in [6.07, 6.45) is 2.00. The van der Waals surface area contributed by atoms with Crippen LogP contribution in [-0.4, -0.2) is 15.5 Å². The number of carbonyl (C=O) groups is 1. The molecule has 0 bridgehead atoms. The largest absolute Gasteiger partial charge is 0.324 e. The number of aryl methyl sites for hydroxylation is 5. The topological polar surface area (TPSA) is 64.0 Å². The smallest absolute Gasteiger partial charge is 0.263 e. The molecule has 0 saturated carbocycles. The van der Waals surface area contributed by atoms with Crippen LogP contribution in [0.1, 0.15) is 46.5 Å². The zero-order valence-electron chi connectivity index (χ0n) is 19.9. The van der Waals surface area contributed by atoms with E-state index in [1.165, 1.54) is 33.4 Å². The van der Waals surface area contributed by atoms with Gasteiger partial charge in [-0.15, -0.1) is 11.3 Å². The molecule has 0 spiro atoms. The second kappa shape index (κ2) is 8.94. The number of carbonyl (C=O) groups excluding carboxylic acids is 1. The Morgan fingerprint density at radius 3 is 2.36 bits per heavy atom. The average molecular weight is 460 g/mol. The van der Waals surface area contributed by atoms with Crippen molar-refractivity contribution in [2.45, 2.75) is 54.0 Å². The molecule has 2 aromatic heterocycles. The van der Waals surface area contributed by atoms with Crippen molar-refractivity contribution in [2.24, 2.45) is 0 Å². The third kappa shape index (κ3) is 4.11. The molecule has 1 atom stereocenters. The molecular weight excluding hydrogens is 430 g/mol. The van der Waals surface area contributed by atoms with E-state index >= 15 is 0 Å². The van der Waals surface area contributed by atoms with Gasteiger partial charge in [0.25, 0.3) is 5.56 Å². The van der Waals surface area contributed by atoms with Crippen molar-refractivity contribution in [2.75, 3.05) is 5.32 Å². The number of anilines is 1. The Balaban J connectivity index is 1.82. The van der Waals surface area contributed by atoms with Gasteiger partial charge >= 0.3 is 0 Å². The Bertz CT molecular complexity index is 1410. The molecule has 1 N–H and O–H groups in total. The summed E-state index contributed by atoms with van der Waals surface area (Å²) in [5, 5.41) is 3.63. The molecule has 1 unspecified atom stereocenters. The highest BCUT2D eigenvalue weighted by atomic mass is 32.1. The van der Waals surface area contributed by atoms with Gasteiger partial charge < -0.3 is 5.32 Å². The minimum absolute atomic E-state index is 0.180. The molecular formula is C27H29N3O2S. The van der Waals surface area contributed by atoms with E-state index in [2.05, 4.69) is 42.3 Å². The summed E-state index contributed by atoms with van der Waals surface area (Å²) in [6.45, 7) is 12.0. The second-order valence-corrected chi connectivity index (χ2v) is 9.85. The van der Waals surface area contributed by atoms with Crippen molar-refractivity contribution in [3.63, 3.8) is 0 Å². The van der Waals surface area contributed by atoms with Crippen LogP contribution in [0.5, 0.6) is 0 Å². The van der Waals surface area contributed by atoms with Gasteiger partial charge in [0, 0.05) is 16.1 Å². The van der Waals surface area contributed by atoms with E-state index in [4.69, 9.17) is 0 Å². The van der Waals surface area contributed by atoms with Crippen LogP contribution in [0.25, 0.3) is 21.3 Å². The van der Waals surface area contributed by atoms with Gasteiger partial charge in [-0.25, -0.2) is 4.98 Å². The molecule has 0 aliphatic rings. The monoisotopic (exact) mass is 459 g/mol. The SMILES string of the molecule is CCC(C(=O)Nc1c(C)cccc1C)n1cnc2sc(C)c(-c3ccc(C)c(C)c3)c2c1=O. The molecule has 2 heterocycles. The zero-order valence-corrected chi connectivity index (χ0v) is 20.8. The lowest BCUT2D eigenvalue weighted by molar-refractivity contribution is -0.119. The molecule has 33 heavy (non-hydrogen) atoms. The van der Waals surface area contributed by atoms with Gasteiger partial charge in [-0.05, 0) is 68.9 Å². The fourth-order valence-electron chi connectivity index (χ4n) is 4.31. The van der Waals surface area contributed by atoms with Crippen molar-refractivity contribution in [3.05, 3.63) is 80.2 Å². The predicted molar refractivity (Wildman–Crippen MR) is 137 cm³/mol. The van der Waals surface area contributed by atoms with Crippen LogP contribution in [0.3, 0.4) is 0 Å². The maximum absolute atomic E-state index is 13.7. The number of aromatic nitrogens is 2. The van der Waals surface area contributed by atoms with Crippen LogP contribution in [-0.2, 0) is 4.79 Å². The number of nitrogens with one attached hydrogen (secondary N) is 1. The highest BCUT2D eigenvalue weighted by Crippen LogP contribution is 2.36. The molecule has 4 aromatic rings. The molecule has 1 amide bonds. The van der Waals surface area contributed by atoms with Crippen LogP contribution in [0.4, 0.5) is 5.69 Å². The Hall–Kier alpha value is -3.25. The van der Waals surface area contributed by atoms with Gasteiger partial charge in [-0.2, -0.15) is 0 Å². The normalized spacial score (nSPS) is 12.2. The zero-order chi connectivity index (χ0) is 23.9. The van der Waals surface area contributed by atoms with E-state index in [1.807, 2.05) is 45.9 Å². The number of thiophene rings is 1. The van der Waals surface area contributed by atoms with Crippen molar-refractivity contribution >= 4 is 33.1 Å². The van der Waals surface area contributed by atoms with Gasteiger partial charge in [-0.1, -0.05) is 43.3 Å². The molecule has 0 aliphatic heterocycles. The first kappa shape index (κ1) is 22.9. The van der Waals surface area contributed by atoms with Crippen LogP contribution in [0, 0.1) is 34.6 Å². The number of amides is 1. The van der Waals surface area contributed by atoms with Gasteiger partial charge in [0.15, 0.2) is 0 Å². The molecule has 0 aliphatic carbocycles. The lowest BCUT2D eigenvalue weighted by atomic mass is 9.99. The maximum atomic E-state index is 13.7. The average Bonchev–Trinajstić information content (AvgIpc) is 3.11. The first-order chi connectivity index (χ1) is 15.7. The van der Waals surface area contributed by atoms with E-state index in [9.17, 15) is 9.59 Å². The number of hydrogen-bond donors (Lipinski definition) is 1. The highest BCUT2D eigenvalue weighted by molar-refractivity contribution is 7.19. The van der Waals surface area contributed by atoms with Crippen molar-refractivity contribution in [1.82, 2.24) is 9.55 Å². The first-order valence-corrected chi connectivity index (χ1v) is 12.0. The number of rotatable bonds is 5. The lowest BCUT2D eigenvalue weighted by Crippen LogP contribution is -2.33. The standard InChI is InChI=1S/C27H29N3O2S/c1-7-21(25(31)29-24-16(3)9-8-10-17(24)4)30-14-28-26-23(27(30)32)22(19(6)33-26)20-12-11-15(2)18(5)13-20/h8-14,21H,7H2,1-6H3,(H,29,31). The first-order valence-electron chi connectivity index (χ1n) is 11.2. The number of fused-ring (bicyclic) bond motifs is 1. The number of hydrogen-bond acceptors (Lipinski definition) is 4. The third-order valence-corrected chi connectivity index (χ3v) is 7.38. The third-order valence-electron chi connectivity index (χ3n) is 6.36. The molecule has 4 rings (SSSR count). The number of para-hydroxylation sites is 1. The Morgan fingerprint density at radius 1 is 1.03 bits per heavy atom. The second-order valence-electron chi connectivity index (χ2n) is 8.65. The van der Waals surface area contributed by atoms with Crippen LogP contribution in [0.2, 0.25) is 0 Å². The minimum Gasteiger partial charge on any atom is -0.324 e. The van der Waals surface area contributed by atoms with Crippen molar-refractivity contribution < 1.29 is 4.79 Å². The van der Waals surface area contributed by atoms with Gasteiger partial charge in [0.05, 0.1) is 11.7 Å². The van der Waals surface area contributed by atoms with E-state index in [0.29, 0.717) is 16.6 Å². The summed E-state index contributed by atoms with van der Waals surface area (Å²) in [7, 11) is 0. The van der Waals surface area contributed by atoms with Crippen LogP contribution >= 0.6 is 11.3 Å². The summed E-state index contributed by atoms with van der Waals surface area (Å²) in [4.78, 5) is 33.3. The molecule has 0 fully saturated rings. The fraction of sp³-hybridized carbons (Fsp3) is 0.296. The summed E-state index contributed by atoms with van der Waals surface area (Å²) in [5.41, 5.74) is 6.90. The Kier molecular flexibility index (Phi) is 6.21. The minimum atomic E-state index is -0.652. The fourth-order valence-corrected chi connectivity index (χ4v) is 5.31. The number of benzene rings is 2. The summed E-state index contributed by atoms with van der Waals surface area (Å²) < 4.78 is 1.49. The molecule has 0 radical (unpaired) electrons. The van der Waals surface area contributed by atoms with Crippen LogP contribution < -0.4 is 10.9 Å². The molecule has 0 saturated heterocycles. The van der Waals surface area contributed by atoms with Gasteiger partial charge in [0.1, 0.15) is 10.9 Å². The Morgan fingerprint density at radius 2 is 1.73 bits per heavy atom. The van der Waals surface area contributed by atoms with Gasteiger partial charge in [0.2, 0.25) is 5.91 Å². The van der Waals surface area contributed by atoms with Crippen molar-refractivity contribution in [3.8, 4) is 11.1 Å². The summed E-state index contributed by atoms with van der Waals surface area (Å²) in [5.74, 6) is -0.210. The highest BCUT2D eigenvalue weighted by Gasteiger charge is 2.24. The molecule has 5 nitrogen and oxygen atoms in total. The van der Waals surface area contributed by atoms with E-state index in [1.54, 1.807) is 0 Å². The summed E-state index contributed by atoms with van der Waals surface area (Å²) in [6, 6.07) is 11.5.